The van der Waals surface area contributed by atoms with Crippen LogP contribution in [0.4, 0.5) is 0 Å². The van der Waals surface area contributed by atoms with Gasteiger partial charge in [0.25, 0.3) is 0 Å². The molecule has 0 unspecified atom stereocenters. The molecule has 2 rings (SSSR count). The molecule has 112 valence electrons. The number of ether oxygens (including phenoxy) is 1. The Morgan fingerprint density at radius 2 is 2.10 bits per heavy atom. The van der Waals surface area contributed by atoms with Crippen LogP contribution in [0.15, 0.2) is 18.2 Å². The van der Waals surface area contributed by atoms with E-state index in [1.807, 2.05) is 12.1 Å². The van der Waals surface area contributed by atoms with Crippen molar-refractivity contribution < 1.29 is 4.74 Å². The van der Waals surface area contributed by atoms with E-state index >= 15 is 0 Å². The minimum absolute atomic E-state index is 0.163. The minimum Gasteiger partial charge on any atom is -0.383 e. The molecule has 0 heterocycles. The van der Waals surface area contributed by atoms with Crippen molar-refractivity contribution in [2.45, 2.75) is 31.6 Å². The van der Waals surface area contributed by atoms with Crippen molar-refractivity contribution in [3.63, 3.8) is 0 Å². The lowest BCUT2D eigenvalue weighted by Crippen LogP contribution is -2.49. The van der Waals surface area contributed by atoms with Gasteiger partial charge in [0.2, 0.25) is 0 Å². The number of benzene rings is 1. The Balaban J connectivity index is 2.11. The van der Waals surface area contributed by atoms with Crippen molar-refractivity contribution in [2.24, 2.45) is 5.92 Å². The summed E-state index contributed by atoms with van der Waals surface area (Å²) in [6, 6.07) is 5.89. The van der Waals surface area contributed by atoms with Gasteiger partial charge in [0, 0.05) is 35.7 Å². The third kappa shape index (κ3) is 3.48. The number of hydrogen-bond acceptors (Lipinski definition) is 2. The van der Waals surface area contributed by atoms with Crippen molar-refractivity contribution in [1.82, 2.24) is 5.32 Å². The fraction of sp³-hybridized carbons (Fsp3) is 0.625. The Bertz CT molecular complexity index is 444. The molecule has 0 saturated heterocycles. The van der Waals surface area contributed by atoms with Gasteiger partial charge in [-0.15, -0.1) is 0 Å². The molecule has 0 aliphatic heterocycles. The number of rotatable bonds is 7. The van der Waals surface area contributed by atoms with Crippen LogP contribution in [-0.2, 0) is 10.2 Å². The first-order chi connectivity index (χ1) is 9.61. The molecule has 2 nitrogen and oxygen atoms in total. The Morgan fingerprint density at radius 1 is 1.35 bits per heavy atom. The second kappa shape index (κ2) is 7.13. The quantitative estimate of drug-likeness (QED) is 0.758. The van der Waals surface area contributed by atoms with Crippen LogP contribution < -0.4 is 5.32 Å². The largest absolute Gasteiger partial charge is 0.383 e. The minimum atomic E-state index is 0.163. The molecule has 0 atom stereocenters. The maximum atomic E-state index is 6.42. The van der Waals surface area contributed by atoms with E-state index in [4.69, 9.17) is 27.9 Å². The molecule has 20 heavy (non-hydrogen) atoms. The molecular weight excluding hydrogens is 293 g/mol. The molecule has 0 radical (unpaired) electrons. The monoisotopic (exact) mass is 315 g/mol. The van der Waals surface area contributed by atoms with Crippen molar-refractivity contribution in [3.05, 3.63) is 33.8 Å². The first-order valence-corrected chi connectivity index (χ1v) is 8.02. The molecule has 0 spiro atoms. The maximum absolute atomic E-state index is 6.42. The Labute approximate surface area is 131 Å². The SMILES string of the molecule is CCC1CC(CNCCOC)(c2ccc(Cl)cc2Cl)C1. The van der Waals surface area contributed by atoms with E-state index in [1.54, 1.807) is 7.11 Å². The van der Waals surface area contributed by atoms with Crippen LogP contribution in [0.3, 0.4) is 0 Å². The lowest BCUT2D eigenvalue weighted by Gasteiger charge is -2.49. The van der Waals surface area contributed by atoms with E-state index in [0.29, 0.717) is 5.02 Å². The summed E-state index contributed by atoms with van der Waals surface area (Å²) in [6.07, 6.45) is 3.64. The standard InChI is InChI=1S/C16H23Cl2NO/c1-3-12-9-16(10-12,11-19-6-7-20-2)14-5-4-13(17)8-15(14)18/h4-5,8,12,19H,3,6-7,9-11H2,1-2H3. The van der Waals surface area contributed by atoms with Crippen LogP contribution in [0.1, 0.15) is 31.7 Å². The third-order valence-electron chi connectivity index (χ3n) is 4.39. The number of hydrogen-bond donors (Lipinski definition) is 1. The highest BCUT2D eigenvalue weighted by molar-refractivity contribution is 6.35. The highest BCUT2D eigenvalue weighted by atomic mass is 35.5. The lowest BCUT2D eigenvalue weighted by atomic mass is 9.58. The fourth-order valence-corrected chi connectivity index (χ4v) is 3.82. The smallest absolute Gasteiger partial charge is 0.0587 e. The van der Waals surface area contributed by atoms with Gasteiger partial charge in [-0.3, -0.25) is 0 Å². The number of halogens is 2. The molecule has 1 aliphatic carbocycles. The molecule has 0 bridgehead atoms. The zero-order valence-electron chi connectivity index (χ0n) is 12.2. The molecule has 0 amide bonds. The van der Waals surface area contributed by atoms with Gasteiger partial charge in [-0.1, -0.05) is 42.6 Å². The molecule has 0 aromatic heterocycles. The molecule has 1 fully saturated rings. The summed E-state index contributed by atoms with van der Waals surface area (Å²) in [5.41, 5.74) is 1.40. The first-order valence-electron chi connectivity index (χ1n) is 7.26. The zero-order chi connectivity index (χ0) is 14.6. The number of nitrogens with one attached hydrogen (secondary N) is 1. The Morgan fingerprint density at radius 3 is 2.70 bits per heavy atom. The van der Waals surface area contributed by atoms with Gasteiger partial charge in [0.15, 0.2) is 0 Å². The van der Waals surface area contributed by atoms with Crippen molar-refractivity contribution in [1.29, 1.82) is 0 Å². The molecule has 4 heteroatoms. The average Bonchev–Trinajstić information content (AvgIpc) is 2.38. The average molecular weight is 316 g/mol. The molecule has 1 aromatic carbocycles. The molecular formula is C16H23Cl2NO. The van der Waals surface area contributed by atoms with E-state index in [0.717, 1.165) is 30.6 Å². The predicted molar refractivity (Wildman–Crippen MR) is 85.9 cm³/mol. The van der Waals surface area contributed by atoms with E-state index < -0.39 is 0 Å². The van der Waals surface area contributed by atoms with E-state index in [2.05, 4.69) is 18.3 Å². The van der Waals surface area contributed by atoms with Gasteiger partial charge in [-0.05, 0) is 36.5 Å². The topological polar surface area (TPSA) is 21.3 Å². The van der Waals surface area contributed by atoms with Crippen LogP contribution in [0.5, 0.6) is 0 Å². The van der Waals surface area contributed by atoms with Crippen LogP contribution >= 0.6 is 23.2 Å². The van der Waals surface area contributed by atoms with Crippen molar-refractivity contribution in [3.8, 4) is 0 Å². The summed E-state index contributed by atoms with van der Waals surface area (Å²) in [5.74, 6) is 0.811. The van der Waals surface area contributed by atoms with Gasteiger partial charge >= 0.3 is 0 Å². The summed E-state index contributed by atoms with van der Waals surface area (Å²) < 4.78 is 5.09. The maximum Gasteiger partial charge on any atom is 0.0587 e. The highest BCUT2D eigenvalue weighted by Crippen LogP contribution is 2.50. The van der Waals surface area contributed by atoms with Crippen molar-refractivity contribution >= 4 is 23.2 Å². The third-order valence-corrected chi connectivity index (χ3v) is 4.93. The van der Waals surface area contributed by atoms with Gasteiger partial charge in [-0.2, -0.15) is 0 Å². The fourth-order valence-electron chi connectivity index (χ4n) is 3.22. The van der Waals surface area contributed by atoms with E-state index in [9.17, 15) is 0 Å². The highest BCUT2D eigenvalue weighted by Gasteiger charge is 2.45. The molecule has 1 aliphatic rings. The second-order valence-electron chi connectivity index (χ2n) is 5.76. The second-order valence-corrected chi connectivity index (χ2v) is 6.60. The van der Waals surface area contributed by atoms with E-state index in [1.165, 1.54) is 24.8 Å². The molecule has 1 aromatic rings. The van der Waals surface area contributed by atoms with Gasteiger partial charge in [-0.25, -0.2) is 0 Å². The van der Waals surface area contributed by atoms with Crippen LogP contribution in [0, 0.1) is 5.92 Å². The summed E-state index contributed by atoms with van der Waals surface area (Å²) in [4.78, 5) is 0. The molecule has 1 N–H and O–H groups in total. The summed E-state index contributed by atoms with van der Waals surface area (Å²) >= 11 is 12.4. The van der Waals surface area contributed by atoms with E-state index in [-0.39, 0.29) is 5.41 Å². The summed E-state index contributed by atoms with van der Waals surface area (Å²) in [6.45, 7) is 4.83. The van der Waals surface area contributed by atoms with Crippen LogP contribution in [-0.4, -0.2) is 26.8 Å². The summed E-state index contributed by atoms with van der Waals surface area (Å²) in [7, 11) is 1.73. The normalized spacial score (nSPS) is 25.5. The van der Waals surface area contributed by atoms with Crippen LogP contribution in [0.2, 0.25) is 10.0 Å². The predicted octanol–water partition coefficient (Wildman–Crippen LogP) is 4.29. The molecule has 1 saturated carbocycles. The zero-order valence-corrected chi connectivity index (χ0v) is 13.7. The summed E-state index contributed by atoms with van der Waals surface area (Å²) in [5, 5.41) is 4.99. The Hall–Kier alpha value is -0.280. The van der Waals surface area contributed by atoms with Gasteiger partial charge in [0.1, 0.15) is 0 Å². The first kappa shape index (κ1) is 16.1. The van der Waals surface area contributed by atoms with Crippen molar-refractivity contribution in [2.75, 3.05) is 26.8 Å². The van der Waals surface area contributed by atoms with Crippen LogP contribution in [0.25, 0.3) is 0 Å². The Kier molecular flexibility index (Phi) is 5.74. The number of methoxy groups -OCH3 is 1. The van der Waals surface area contributed by atoms with Gasteiger partial charge in [0.05, 0.1) is 6.61 Å². The lowest BCUT2D eigenvalue weighted by molar-refractivity contribution is 0.128. The van der Waals surface area contributed by atoms with Gasteiger partial charge < -0.3 is 10.1 Å².